The monoisotopic (exact) mass is 320 g/mol. The van der Waals surface area contributed by atoms with E-state index in [2.05, 4.69) is 6.07 Å². The second-order valence-electron chi connectivity index (χ2n) is 5.56. The van der Waals surface area contributed by atoms with E-state index in [0.717, 1.165) is 0 Å². The molecule has 2 rings (SSSR count). The lowest BCUT2D eigenvalue weighted by atomic mass is 9.84. The van der Waals surface area contributed by atoms with Gasteiger partial charge < -0.3 is 18.9 Å². The molecule has 1 fully saturated rings. The summed E-state index contributed by atoms with van der Waals surface area (Å²) in [5.74, 6) is 0.968. The van der Waals surface area contributed by atoms with E-state index in [1.807, 2.05) is 12.1 Å². The topological polar surface area (TPSA) is 54.0 Å². The molecule has 5 nitrogen and oxygen atoms in total. The molecule has 1 saturated carbocycles. The van der Waals surface area contributed by atoms with Crippen molar-refractivity contribution in [1.29, 1.82) is 0 Å². The first-order valence-corrected chi connectivity index (χ1v) is 7.86. The van der Waals surface area contributed by atoms with Crippen LogP contribution in [0.4, 0.5) is 0 Å². The summed E-state index contributed by atoms with van der Waals surface area (Å²) in [6.07, 6.45) is 7.40. The Labute approximate surface area is 137 Å². The first-order valence-electron chi connectivity index (χ1n) is 7.86. The van der Waals surface area contributed by atoms with Gasteiger partial charge in [0.2, 0.25) is 5.76 Å². The standard InChI is InChI=1S/C18H24O5/c1-20-12-17(18(19)22-3)23-16-11-14(9-10-15(16)21-2)13-7-5-4-6-8-13/h9-13H,4-8H2,1-3H3/b17-12-. The molecule has 1 aliphatic rings. The van der Waals surface area contributed by atoms with E-state index in [9.17, 15) is 4.79 Å². The summed E-state index contributed by atoms with van der Waals surface area (Å²) in [5.41, 5.74) is 1.21. The number of carbonyl (C=O) groups excluding carboxylic acids is 1. The summed E-state index contributed by atoms with van der Waals surface area (Å²) < 4.78 is 20.6. The summed E-state index contributed by atoms with van der Waals surface area (Å²) in [4.78, 5) is 11.8. The van der Waals surface area contributed by atoms with Crippen LogP contribution in [0.25, 0.3) is 0 Å². The predicted molar refractivity (Wildman–Crippen MR) is 86.6 cm³/mol. The number of rotatable bonds is 6. The molecule has 1 aliphatic carbocycles. The average molecular weight is 320 g/mol. The van der Waals surface area contributed by atoms with Crippen LogP contribution in [0, 0.1) is 0 Å². The van der Waals surface area contributed by atoms with Crippen molar-refractivity contribution in [2.24, 2.45) is 0 Å². The van der Waals surface area contributed by atoms with E-state index < -0.39 is 5.97 Å². The normalized spacial score (nSPS) is 15.9. The van der Waals surface area contributed by atoms with Gasteiger partial charge in [-0.15, -0.1) is 0 Å². The zero-order valence-electron chi connectivity index (χ0n) is 14.0. The molecular weight excluding hydrogens is 296 g/mol. The molecule has 0 spiro atoms. The van der Waals surface area contributed by atoms with Crippen LogP contribution in [0.1, 0.15) is 43.6 Å². The number of ether oxygens (including phenoxy) is 4. The molecule has 23 heavy (non-hydrogen) atoms. The minimum atomic E-state index is -0.600. The van der Waals surface area contributed by atoms with E-state index in [4.69, 9.17) is 18.9 Å². The zero-order valence-corrected chi connectivity index (χ0v) is 14.0. The molecule has 1 aromatic rings. The number of hydrogen-bond acceptors (Lipinski definition) is 5. The van der Waals surface area contributed by atoms with Crippen molar-refractivity contribution in [3.05, 3.63) is 35.8 Å². The van der Waals surface area contributed by atoms with Crippen molar-refractivity contribution in [2.75, 3.05) is 21.3 Å². The summed E-state index contributed by atoms with van der Waals surface area (Å²) in [6.45, 7) is 0. The Hall–Kier alpha value is -2.17. The van der Waals surface area contributed by atoms with Gasteiger partial charge in [-0.25, -0.2) is 4.79 Å². The number of methoxy groups -OCH3 is 3. The largest absolute Gasteiger partial charge is 0.500 e. The third-order valence-corrected chi connectivity index (χ3v) is 4.10. The third kappa shape index (κ3) is 4.41. The minimum absolute atomic E-state index is 0.0194. The minimum Gasteiger partial charge on any atom is -0.500 e. The smallest absolute Gasteiger partial charge is 0.377 e. The Morgan fingerprint density at radius 2 is 1.83 bits per heavy atom. The molecule has 0 N–H and O–H groups in total. The summed E-state index contributed by atoms with van der Waals surface area (Å²) in [7, 11) is 4.31. The molecule has 0 bridgehead atoms. The van der Waals surface area contributed by atoms with E-state index in [1.165, 1.54) is 58.1 Å². The second-order valence-corrected chi connectivity index (χ2v) is 5.56. The molecule has 1 aromatic carbocycles. The molecule has 126 valence electrons. The predicted octanol–water partition coefficient (Wildman–Crippen LogP) is 3.78. The summed E-state index contributed by atoms with van der Waals surface area (Å²) in [6, 6.07) is 5.89. The second kappa shape index (κ2) is 8.46. The number of carbonyl (C=O) groups is 1. The van der Waals surface area contributed by atoms with E-state index in [-0.39, 0.29) is 5.76 Å². The van der Waals surface area contributed by atoms with Crippen LogP contribution in [0.5, 0.6) is 11.5 Å². The molecular formula is C18H24O5. The summed E-state index contributed by atoms with van der Waals surface area (Å²) in [5, 5.41) is 0. The fourth-order valence-corrected chi connectivity index (χ4v) is 2.90. The van der Waals surface area contributed by atoms with Gasteiger partial charge in [-0.2, -0.15) is 0 Å². The van der Waals surface area contributed by atoms with Gasteiger partial charge in [0.05, 0.1) is 21.3 Å². The van der Waals surface area contributed by atoms with Gasteiger partial charge in [0.25, 0.3) is 0 Å². The number of esters is 1. The Kier molecular flexibility index (Phi) is 6.32. The average Bonchev–Trinajstić information content (AvgIpc) is 2.61. The Morgan fingerprint density at radius 3 is 2.43 bits per heavy atom. The lowest BCUT2D eigenvalue weighted by Crippen LogP contribution is -2.12. The van der Waals surface area contributed by atoms with E-state index in [0.29, 0.717) is 17.4 Å². The number of benzene rings is 1. The van der Waals surface area contributed by atoms with Gasteiger partial charge >= 0.3 is 5.97 Å². The third-order valence-electron chi connectivity index (χ3n) is 4.10. The SMILES string of the molecule is CO/C=C(\Oc1cc(C2CCCCC2)ccc1OC)C(=O)OC. The molecule has 0 heterocycles. The molecule has 0 unspecified atom stereocenters. The summed E-state index contributed by atoms with van der Waals surface area (Å²) >= 11 is 0. The van der Waals surface area contributed by atoms with E-state index >= 15 is 0 Å². The number of hydrogen-bond donors (Lipinski definition) is 0. The quantitative estimate of drug-likeness (QED) is 0.453. The van der Waals surface area contributed by atoms with Crippen molar-refractivity contribution in [3.63, 3.8) is 0 Å². The fourth-order valence-electron chi connectivity index (χ4n) is 2.90. The van der Waals surface area contributed by atoms with Gasteiger partial charge in [0.1, 0.15) is 6.26 Å². The van der Waals surface area contributed by atoms with Crippen molar-refractivity contribution >= 4 is 5.97 Å². The first kappa shape index (κ1) is 17.2. The first-order chi connectivity index (χ1) is 11.2. The van der Waals surface area contributed by atoms with Gasteiger partial charge in [-0.05, 0) is 36.5 Å². The maximum Gasteiger partial charge on any atom is 0.377 e. The zero-order chi connectivity index (χ0) is 16.7. The van der Waals surface area contributed by atoms with Crippen LogP contribution >= 0.6 is 0 Å². The fraction of sp³-hybridized carbons (Fsp3) is 0.500. The highest BCUT2D eigenvalue weighted by Gasteiger charge is 2.20. The Morgan fingerprint density at radius 1 is 1.09 bits per heavy atom. The molecule has 0 aromatic heterocycles. The van der Waals surface area contributed by atoms with Crippen LogP contribution in [0.2, 0.25) is 0 Å². The molecule has 0 aliphatic heterocycles. The van der Waals surface area contributed by atoms with Crippen LogP contribution < -0.4 is 9.47 Å². The van der Waals surface area contributed by atoms with Gasteiger partial charge in [-0.3, -0.25) is 0 Å². The maximum absolute atomic E-state index is 11.8. The Bertz CT molecular complexity index is 559. The van der Waals surface area contributed by atoms with Gasteiger partial charge in [-0.1, -0.05) is 25.3 Å². The van der Waals surface area contributed by atoms with Gasteiger partial charge in [0.15, 0.2) is 11.5 Å². The lowest BCUT2D eigenvalue weighted by Gasteiger charge is -2.23. The molecule has 0 atom stereocenters. The van der Waals surface area contributed by atoms with Crippen molar-refractivity contribution in [3.8, 4) is 11.5 Å². The van der Waals surface area contributed by atoms with Crippen molar-refractivity contribution in [1.82, 2.24) is 0 Å². The van der Waals surface area contributed by atoms with Crippen LogP contribution in [-0.2, 0) is 14.3 Å². The lowest BCUT2D eigenvalue weighted by molar-refractivity contribution is -0.138. The maximum atomic E-state index is 11.8. The van der Waals surface area contributed by atoms with Crippen molar-refractivity contribution in [2.45, 2.75) is 38.0 Å². The highest BCUT2D eigenvalue weighted by molar-refractivity contribution is 5.86. The Balaban J connectivity index is 2.27. The van der Waals surface area contributed by atoms with Crippen molar-refractivity contribution < 1.29 is 23.7 Å². The molecule has 0 radical (unpaired) electrons. The van der Waals surface area contributed by atoms with Gasteiger partial charge in [0, 0.05) is 0 Å². The molecule has 0 saturated heterocycles. The highest BCUT2D eigenvalue weighted by atomic mass is 16.6. The van der Waals surface area contributed by atoms with Crippen LogP contribution in [0.3, 0.4) is 0 Å². The highest BCUT2D eigenvalue weighted by Crippen LogP contribution is 2.37. The molecule has 0 amide bonds. The van der Waals surface area contributed by atoms with Crippen LogP contribution in [-0.4, -0.2) is 27.3 Å². The van der Waals surface area contributed by atoms with Crippen LogP contribution in [0.15, 0.2) is 30.2 Å². The van der Waals surface area contributed by atoms with E-state index in [1.54, 1.807) is 7.11 Å². The molecule has 5 heteroatoms.